The number of aromatic nitrogens is 1. The first-order valence-corrected chi connectivity index (χ1v) is 6.71. The number of nitrogens with zero attached hydrogens (tertiary/aromatic N) is 1. The van der Waals surface area contributed by atoms with E-state index in [0.717, 1.165) is 23.5 Å². The molecule has 5 nitrogen and oxygen atoms in total. The minimum Gasteiger partial charge on any atom is -0.478 e. The molecule has 108 valence electrons. The van der Waals surface area contributed by atoms with Crippen molar-refractivity contribution in [2.45, 2.75) is 6.92 Å². The number of carboxylic acid groups (broad SMARTS) is 1. The van der Waals surface area contributed by atoms with E-state index in [1.165, 1.54) is 24.4 Å². The highest BCUT2D eigenvalue weighted by Crippen LogP contribution is 2.20. The monoisotopic (exact) mass is 306 g/mol. The second-order valence-electron chi connectivity index (χ2n) is 4.16. The molecule has 1 amide bonds. The average Bonchev–Trinajstić information content (AvgIpc) is 2.87. The molecule has 0 bridgehead atoms. The van der Waals surface area contributed by atoms with Crippen LogP contribution in [0.3, 0.4) is 0 Å². The molecule has 1 heterocycles. The fourth-order valence-electron chi connectivity index (χ4n) is 1.48. The van der Waals surface area contributed by atoms with Crippen molar-refractivity contribution in [3.8, 4) is 0 Å². The summed E-state index contributed by atoms with van der Waals surface area (Å²) in [6, 6.07) is 4.20. The zero-order chi connectivity index (χ0) is 15.4. The Morgan fingerprint density at radius 3 is 2.86 bits per heavy atom. The zero-order valence-electron chi connectivity index (χ0n) is 11.0. The number of nitrogens with one attached hydrogen (secondary N) is 1. The number of carbonyl (C=O) groups excluding carboxylic acids is 1. The summed E-state index contributed by atoms with van der Waals surface area (Å²) < 4.78 is 13.4. The predicted molar refractivity (Wildman–Crippen MR) is 77.9 cm³/mol. The fraction of sp³-hybridized carbons (Fsp3) is 0.0714. The first-order valence-electron chi connectivity index (χ1n) is 5.90. The van der Waals surface area contributed by atoms with Crippen molar-refractivity contribution < 1.29 is 19.1 Å². The Bertz CT molecular complexity index is 725. The molecule has 0 aliphatic rings. The summed E-state index contributed by atoms with van der Waals surface area (Å²) in [5.41, 5.74) is 0.651. The van der Waals surface area contributed by atoms with Crippen LogP contribution < -0.4 is 5.32 Å². The van der Waals surface area contributed by atoms with E-state index in [4.69, 9.17) is 5.11 Å². The van der Waals surface area contributed by atoms with Gasteiger partial charge in [0.15, 0.2) is 5.13 Å². The lowest BCUT2D eigenvalue weighted by Gasteiger charge is -2.03. The van der Waals surface area contributed by atoms with Gasteiger partial charge in [0.1, 0.15) is 5.82 Å². The maximum absolute atomic E-state index is 13.4. The largest absolute Gasteiger partial charge is 0.478 e. The molecular weight excluding hydrogens is 295 g/mol. The zero-order valence-corrected chi connectivity index (χ0v) is 11.8. The standard InChI is InChI=1S/C14H11FN2O3S/c1-8-2-3-9(6-11(8)15)13(20)17-14-16-7-10(21-14)4-5-12(18)19/h2-7H,1H3,(H,18,19)(H,16,17,20). The van der Waals surface area contributed by atoms with Gasteiger partial charge in [-0.15, -0.1) is 0 Å². The highest BCUT2D eigenvalue weighted by Gasteiger charge is 2.10. The number of carbonyl (C=O) groups is 2. The number of rotatable bonds is 4. The lowest BCUT2D eigenvalue weighted by Crippen LogP contribution is -2.12. The van der Waals surface area contributed by atoms with Crippen LogP contribution in [0.2, 0.25) is 0 Å². The number of thiazole rings is 1. The SMILES string of the molecule is Cc1ccc(C(=O)Nc2ncc(C=CC(=O)O)s2)cc1F. The predicted octanol–water partition coefficient (Wildman–Crippen LogP) is 2.94. The second kappa shape index (κ2) is 6.27. The van der Waals surface area contributed by atoms with Crippen LogP contribution in [0, 0.1) is 12.7 Å². The number of hydrogen-bond donors (Lipinski definition) is 2. The average molecular weight is 306 g/mol. The minimum atomic E-state index is -1.07. The van der Waals surface area contributed by atoms with Crippen molar-refractivity contribution in [1.29, 1.82) is 0 Å². The molecule has 2 N–H and O–H groups in total. The van der Waals surface area contributed by atoms with Gasteiger partial charge in [-0.3, -0.25) is 10.1 Å². The molecule has 0 fully saturated rings. The summed E-state index contributed by atoms with van der Waals surface area (Å²) in [5.74, 6) is -1.99. The summed E-state index contributed by atoms with van der Waals surface area (Å²) in [5, 5.41) is 11.4. The maximum atomic E-state index is 13.4. The van der Waals surface area contributed by atoms with Crippen molar-refractivity contribution >= 4 is 34.4 Å². The molecule has 21 heavy (non-hydrogen) atoms. The van der Waals surface area contributed by atoms with Gasteiger partial charge >= 0.3 is 5.97 Å². The smallest absolute Gasteiger partial charge is 0.328 e. The van der Waals surface area contributed by atoms with Gasteiger partial charge in [-0.1, -0.05) is 17.4 Å². The van der Waals surface area contributed by atoms with E-state index in [2.05, 4.69) is 10.3 Å². The van der Waals surface area contributed by atoms with Gasteiger partial charge in [0.2, 0.25) is 0 Å². The van der Waals surface area contributed by atoms with E-state index in [0.29, 0.717) is 15.6 Å². The quantitative estimate of drug-likeness (QED) is 0.851. The Labute approximate surface area is 123 Å². The summed E-state index contributed by atoms with van der Waals surface area (Å²) in [7, 11) is 0. The molecule has 7 heteroatoms. The highest BCUT2D eigenvalue weighted by atomic mass is 32.1. The third-order valence-corrected chi connectivity index (χ3v) is 3.45. The molecule has 0 saturated carbocycles. The Hall–Kier alpha value is -2.54. The number of amides is 1. The van der Waals surface area contributed by atoms with Crippen molar-refractivity contribution in [3.05, 3.63) is 52.3 Å². The van der Waals surface area contributed by atoms with Crippen LogP contribution in [0.4, 0.5) is 9.52 Å². The Morgan fingerprint density at radius 1 is 1.43 bits per heavy atom. The summed E-state index contributed by atoms with van der Waals surface area (Å²) in [6.07, 6.45) is 3.80. The minimum absolute atomic E-state index is 0.191. The lowest BCUT2D eigenvalue weighted by molar-refractivity contribution is -0.131. The van der Waals surface area contributed by atoms with Crippen molar-refractivity contribution in [1.82, 2.24) is 4.98 Å². The number of aryl methyl sites for hydroxylation is 1. The maximum Gasteiger partial charge on any atom is 0.328 e. The van der Waals surface area contributed by atoms with Crippen molar-refractivity contribution in [2.75, 3.05) is 5.32 Å². The van der Waals surface area contributed by atoms with Gasteiger partial charge < -0.3 is 5.11 Å². The normalized spacial score (nSPS) is 10.8. The van der Waals surface area contributed by atoms with Crippen LogP contribution in [-0.4, -0.2) is 22.0 Å². The van der Waals surface area contributed by atoms with Gasteiger partial charge in [0.25, 0.3) is 5.91 Å². The summed E-state index contributed by atoms with van der Waals surface area (Å²) >= 11 is 1.12. The first-order chi connectivity index (χ1) is 9.95. The number of benzene rings is 1. The first kappa shape index (κ1) is 14.9. The molecule has 2 aromatic rings. The van der Waals surface area contributed by atoms with Crippen LogP contribution in [0.5, 0.6) is 0 Å². The van der Waals surface area contributed by atoms with E-state index in [-0.39, 0.29) is 5.56 Å². The Morgan fingerprint density at radius 2 is 2.19 bits per heavy atom. The van der Waals surface area contributed by atoms with Crippen molar-refractivity contribution in [3.63, 3.8) is 0 Å². The molecule has 0 atom stereocenters. The second-order valence-corrected chi connectivity index (χ2v) is 5.22. The number of halogens is 1. The summed E-state index contributed by atoms with van der Waals surface area (Å²) in [6.45, 7) is 1.61. The molecule has 1 aromatic carbocycles. The number of anilines is 1. The van der Waals surface area contributed by atoms with Gasteiger partial charge in [0, 0.05) is 22.7 Å². The van der Waals surface area contributed by atoms with Crippen LogP contribution >= 0.6 is 11.3 Å². The van der Waals surface area contributed by atoms with E-state index >= 15 is 0 Å². The van der Waals surface area contributed by atoms with Crippen LogP contribution in [0.25, 0.3) is 6.08 Å². The van der Waals surface area contributed by atoms with Gasteiger partial charge in [-0.05, 0) is 30.7 Å². The molecule has 0 aliphatic heterocycles. The number of carboxylic acids is 1. The van der Waals surface area contributed by atoms with E-state index < -0.39 is 17.7 Å². The number of aliphatic carboxylic acids is 1. The molecule has 0 spiro atoms. The molecule has 0 unspecified atom stereocenters. The van der Waals surface area contributed by atoms with Crippen LogP contribution in [0.1, 0.15) is 20.8 Å². The Balaban J connectivity index is 2.09. The highest BCUT2D eigenvalue weighted by molar-refractivity contribution is 7.16. The molecule has 0 aliphatic carbocycles. The fourth-order valence-corrected chi connectivity index (χ4v) is 2.19. The van der Waals surface area contributed by atoms with Crippen molar-refractivity contribution in [2.24, 2.45) is 0 Å². The van der Waals surface area contributed by atoms with E-state index in [1.807, 2.05) is 0 Å². The molecule has 0 saturated heterocycles. The lowest BCUT2D eigenvalue weighted by atomic mass is 10.1. The molecular formula is C14H11FN2O3S. The topological polar surface area (TPSA) is 79.3 Å². The van der Waals surface area contributed by atoms with Gasteiger partial charge in [0.05, 0.1) is 0 Å². The van der Waals surface area contributed by atoms with Gasteiger partial charge in [-0.25, -0.2) is 14.2 Å². The molecule has 0 radical (unpaired) electrons. The summed E-state index contributed by atoms with van der Waals surface area (Å²) in [4.78, 5) is 26.9. The Kier molecular flexibility index (Phi) is 4.44. The third kappa shape index (κ3) is 3.96. The molecule has 1 aromatic heterocycles. The number of hydrogen-bond acceptors (Lipinski definition) is 4. The van der Waals surface area contributed by atoms with E-state index in [1.54, 1.807) is 6.92 Å². The van der Waals surface area contributed by atoms with Crippen LogP contribution in [0.15, 0.2) is 30.5 Å². The van der Waals surface area contributed by atoms with Crippen LogP contribution in [-0.2, 0) is 4.79 Å². The third-order valence-electron chi connectivity index (χ3n) is 2.57. The molecule has 2 rings (SSSR count). The van der Waals surface area contributed by atoms with Gasteiger partial charge in [-0.2, -0.15) is 0 Å². The van der Waals surface area contributed by atoms with E-state index in [9.17, 15) is 14.0 Å².